The summed E-state index contributed by atoms with van der Waals surface area (Å²) in [4.78, 5) is 0. The van der Waals surface area contributed by atoms with Gasteiger partial charge in [0.05, 0.1) is 12.1 Å². The van der Waals surface area contributed by atoms with Crippen molar-refractivity contribution in [3.05, 3.63) is 70.3 Å². The molecule has 0 saturated carbocycles. The van der Waals surface area contributed by atoms with Crippen LogP contribution in [0.15, 0.2) is 42.5 Å². The molecule has 0 saturated heterocycles. The van der Waals surface area contributed by atoms with Gasteiger partial charge >= 0.3 is 0 Å². The second kappa shape index (κ2) is 4.80. The second-order valence-corrected chi connectivity index (χ2v) is 5.31. The van der Waals surface area contributed by atoms with Crippen LogP contribution in [0.25, 0.3) is 0 Å². The number of benzene rings is 2. The van der Waals surface area contributed by atoms with Crippen molar-refractivity contribution in [3.8, 4) is 0 Å². The van der Waals surface area contributed by atoms with Crippen LogP contribution in [0.4, 0.5) is 0 Å². The lowest BCUT2D eigenvalue weighted by atomic mass is 9.90. The van der Waals surface area contributed by atoms with Gasteiger partial charge in [-0.2, -0.15) is 0 Å². The third kappa shape index (κ3) is 2.07. The summed E-state index contributed by atoms with van der Waals surface area (Å²) in [6, 6.07) is 14.5. The van der Waals surface area contributed by atoms with E-state index in [-0.39, 0.29) is 6.04 Å². The Kier molecular flexibility index (Phi) is 3.13. The van der Waals surface area contributed by atoms with Crippen molar-refractivity contribution in [2.24, 2.45) is 0 Å². The fraction of sp³-hybridized carbons (Fsp3) is 0.294. The van der Waals surface area contributed by atoms with Crippen LogP contribution in [0.3, 0.4) is 0 Å². The minimum Gasteiger partial charge on any atom is -0.386 e. The number of fused-ring (bicyclic) bond motifs is 1. The molecule has 0 amide bonds. The molecule has 2 aromatic carbocycles. The van der Waals surface area contributed by atoms with Gasteiger partial charge in [0.1, 0.15) is 0 Å². The average Bonchev–Trinajstić information content (AvgIpc) is 2.82. The maximum absolute atomic E-state index is 10.8. The molecule has 0 aromatic heterocycles. The highest BCUT2D eigenvalue weighted by atomic mass is 16.3. The monoisotopic (exact) mass is 253 g/mol. The van der Waals surface area contributed by atoms with Gasteiger partial charge in [0.25, 0.3) is 0 Å². The fourth-order valence-electron chi connectivity index (χ4n) is 3.07. The summed E-state index contributed by atoms with van der Waals surface area (Å²) < 4.78 is 0. The predicted octanol–water partition coefficient (Wildman–Crippen LogP) is 3.18. The Hall–Kier alpha value is -1.64. The molecule has 2 aromatic rings. The molecule has 0 fully saturated rings. The average molecular weight is 253 g/mol. The van der Waals surface area contributed by atoms with Crippen molar-refractivity contribution >= 4 is 0 Å². The van der Waals surface area contributed by atoms with E-state index in [9.17, 15) is 5.11 Å². The molecule has 2 N–H and O–H groups in total. The van der Waals surface area contributed by atoms with E-state index < -0.39 is 6.10 Å². The minimum absolute atomic E-state index is 0.00370. The van der Waals surface area contributed by atoms with Gasteiger partial charge in [-0.3, -0.25) is 0 Å². The highest BCUT2D eigenvalue weighted by molar-refractivity contribution is 5.41. The highest BCUT2D eigenvalue weighted by Gasteiger charge is 2.30. The summed E-state index contributed by atoms with van der Waals surface area (Å²) in [6.07, 6.45) is -0.496. The Morgan fingerprint density at radius 2 is 1.74 bits per heavy atom. The van der Waals surface area contributed by atoms with Crippen LogP contribution < -0.4 is 5.32 Å². The summed E-state index contributed by atoms with van der Waals surface area (Å²) in [6.45, 7) is 4.96. The number of rotatable bonds is 2. The molecule has 19 heavy (non-hydrogen) atoms. The first kappa shape index (κ1) is 12.4. The van der Waals surface area contributed by atoms with E-state index in [2.05, 4.69) is 43.4 Å². The zero-order valence-electron chi connectivity index (χ0n) is 11.4. The van der Waals surface area contributed by atoms with Crippen LogP contribution in [0, 0.1) is 13.8 Å². The van der Waals surface area contributed by atoms with Crippen molar-refractivity contribution in [2.75, 3.05) is 0 Å². The van der Waals surface area contributed by atoms with Crippen molar-refractivity contribution in [1.82, 2.24) is 5.32 Å². The van der Waals surface area contributed by atoms with E-state index in [1.54, 1.807) is 0 Å². The second-order valence-electron chi connectivity index (χ2n) is 5.31. The lowest BCUT2D eigenvalue weighted by molar-refractivity contribution is 0.132. The zero-order chi connectivity index (χ0) is 13.4. The van der Waals surface area contributed by atoms with Gasteiger partial charge in [-0.1, -0.05) is 42.5 Å². The molecule has 2 nitrogen and oxygen atoms in total. The highest BCUT2D eigenvalue weighted by Crippen LogP contribution is 2.37. The smallest absolute Gasteiger partial charge is 0.0990 e. The van der Waals surface area contributed by atoms with E-state index in [0.29, 0.717) is 0 Å². The van der Waals surface area contributed by atoms with Crippen LogP contribution in [-0.4, -0.2) is 5.11 Å². The predicted molar refractivity (Wildman–Crippen MR) is 76.9 cm³/mol. The third-order valence-electron chi connectivity index (χ3n) is 4.06. The van der Waals surface area contributed by atoms with Crippen molar-refractivity contribution in [1.29, 1.82) is 0 Å². The Morgan fingerprint density at radius 1 is 1.05 bits per heavy atom. The lowest BCUT2D eigenvalue weighted by Crippen LogP contribution is -2.21. The Bertz CT molecular complexity index is 586. The van der Waals surface area contributed by atoms with Crippen molar-refractivity contribution < 1.29 is 5.11 Å². The Morgan fingerprint density at radius 3 is 2.47 bits per heavy atom. The maximum Gasteiger partial charge on any atom is 0.0990 e. The molecule has 2 heteroatoms. The first-order chi connectivity index (χ1) is 9.18. The quantitative estimate of drug-likeness (QED) is 0.861. The first-order valence-electron chi connectivity index (χ1n) is 6.74. The van der Waals surface area contributed by atoms with Crippen molar-refractivity contribution in [2.45, 2.75) is 32.5 Å². The van der Waals surface area contributed by atoms with Gasteiger partial charge in [0, 0.05) is 6.54 Å². The Labute approximate surface area is 114 Å². The molecule has 2 atom stereocenters. The molecule has 2 unspecified atom stereocenters. The van der Waals surface area contributed by atoms with Gasteiger partial charge in [-0.25, -0.2) is 0 Å². The van der Waals surface area contributed by atoms with E-state index >= 15 is 0 Å². The maximum atomic E-state index is 10.8. The standard InChI is InChI=1S/C17H19NO/c1-11-6-5-7-12(2)15(11)17(19)16-14-9-4-3-8-13(14)10-18-16/h3-9,16-19H,10H2,1-2H3. The molecule has 0 radical (unpaired) electrons. The number of nitrogens with one attached hydrogen (secondary N) is 1. The van der Waals surface area contributed by atoms with Crippen LogP contribution in [0.5, 0.6) is 0 Å². The van der Waals surface area contributed by atoms with E-state index in [0.717, 1.165) is 23.2 Å². The number of hydrogen-bond donors (Lipinski definition) is 2. The third-order valence-corrected chi connectivity index (χ3v) is 4.06. The van der Waals surface area contributed by atoms with Crippen LogP contribution >= 0.6 is 0 Å². The van der Waals surface area contributed by atoms with Gasteiger partial charge in [-0.05, 0) is 41.7 Å². The summed E-state index contributed by atoms with van der Waals surface area (Å²) >= 11 is 0. The van der Waals surface area contributed by atoms with Crippen LogP contribution in [0.1, 0.15) is 40.0 Å². The number of aliphatic hydroxyl groups is 1. The minimum atomic E-state index is -0.496. The molecule has 98 valence electrons. The van der Waals surface area contributed by atoms with Crippen LogP contribution in [-0.2, 0) is 6.54 Å². The lowest BCUT2D eigenvalue weighted by Gasteiger charge is -2.23. The van der Waals surface area contributed by atoms with Gasteiger partial charge in [0.2, 0.25) is 0 Å². The van der Waals surface area contributed by atoms with Gasteiger partial charge in [0.15, 0.2) is 0 Å². The largest absolute Gasteiger partial charge is 0.386 e. The molecular weight excluding hydrogens is 234 g/mol. The molecule has 0 spiro atoms. The van der Waals surface area contributed by atoms with Crippen molar-refractivity contribution in [3.63, 3.8) is 0 Å². The molecule has 0 aliphatic carbocycles. The number of hydrogen-bond acceptors (Lipinski definition) is 2. The SMILES string of the molecule is Cc1cccc(C)c1C(O)C1NCc2ccccc21. The topological polar surface area (TPSA) is 32.3 Å². The molecule has 3 rings (SSSR count). The normalized spacial score (nSPS) is 19.2. The first-order valence-corrected chi connectivity index (χ1v) is 6.74. The summed E-state index contributed by atoms with van der Waals surface area (Å²) in [7, 11) is 0. The summed E-state index contributed by atoms with van der Waals surface area (Å²) in [5.74, 6) is 0. The molecule has 1 aliphatic heterocycles. The number of aryl methyl sites for hydroxylation is 2. The zero-order valence-corrected chi connectivity index (χ0v) is 11.4. The Balaban J connectivity index is 2.00. The van der Waals surface area contributed by atoms with Crippen LogP contribution in [0.2, 0.25) is 0 Å². The summed E-state index contributed by atoms with van der Waals surface area (Å²) in [5, 5.41) is 14.2. The molecule has 0 bridgehead atoms. The van der Waals surface area contributed by atoms with E-state index in [1.165, 1.54) is 11.1 Å². The number of aliphatic hydroxyl groups excluding tert-OH is 1. The van der Waals surface area contributed by atoms with Gasteiger partial charge in [-0.15, -0.1) is 0 Å². The van der Waals surface area contributed by atoms with E-state index in [4.69, 9.17) is 0 Å². The van der Waals surface area contributed by atoms with E-state index in [1.807, 2.05) is 18.2 Å². The molecule has 1 heterocycles. The molecule has 1 aliphatic rings. The molecular formula is C17H19NO. The van der Waals surface area contributed by atoms with Gasteiger partial charge < -0.3 is 10.4 Å². The fourth-order valence-corrected chi connectivity index (χ4v) is 3.07. The summed E-state index contributed by atoms with van der Waals surface area (Å²) in [5.41, 5.74) is 5.87.